The first kappa shape index (κ1) is 14.0. The standard InChI is InChI=1S/C12H20N2O2S/c1-12(2,3)6-7-13-11-14-9(8-17-11)4-5-10(15)16/h8H,4-7H2,1-3H3,(H,13,14)(H,15,16). The molecule has 0 saturated heterocycles. The molecule has 1 aromatic rings. The van der Waals surface area contributed by atoms with Crippen LogP contribution in [0.15, 0.2) is 5.38 Å². The largest absolute Gasteiger partial charge is 0.481 e. The Kier molecular flexibility index (Phi) is 4.93. The quantitative estimate of drug-likeness (QED) is 0.821. The van der Waals surface area contributed by atoms with Crippen molar-refractivity contribution >= 4 is 22.4 Å². The van der Waals surface area contributed by atoms with Crippen LogP contribution < -0.4 is 5.32 Å². The van der Waals surface area contributed by atoms with Crippen LogP contribution in [-0.2, 0) is 11.2 Å². The number of hydrogen-bond acceptors (Lipinski definition) is 4. The van der Waals surface area contributed by atoms with Gasteiger partial charge in [-0.2, -0.15) is 0 Å². The lowest BCUT2D eigenvalue weighted by molar-refractivity contribution is -0.136. The van der Waals surface area contributed by atoms with Gasteiger partial charge in [0.15, 0.2) is 5.13 Å². The van der Waals surface area contributed by atoms with E-state index in [9.17, 15) is 4.79 Å². The van der Waals surface area contributed by atoms with Crippen LogP contribution in [0.4, 0.5) is 5.13 Å². The molecule has 1 rings (SSSR count). The van der Waals surface area contributed by atoms with Gasteiger partial charge in [-0.3, -0.25) is 4.79 Å². The zero-order valence-electron chi connectivity index (χ0n) is 10.6. The van der Waals surface area contributed by atoms with Crippen LogP contribution in [0.3, 0.4) is 0 Å². The predicted molar refractivity (Wildman–Crippen MR) is 70.6 cm³/mol. The third-order valence-electron chi connectivity index (χ3n) is 2.30. The van der Waals surface area contributed by atoms with Crippen LogP contribution in [-0.4, -0.2) is 22.6 Å². The second-order valence-corrected chi connectivity index (χ2v) is 6.13. The van der Waals surface area contributed by atoms with Crippen molar-refractivity contribution in [1.29, 1.82) is 0 Å². The van der Waals surface area contributed by atoms with Gasteiger partial charge in [0.05, 0.1) is 12.1 Å². The van der Waals surface area contributed by atoms with Crippen LogP contribution >= 0.6 is 11.3 Å². The number of nitrogens with one attached hydrogen (secondary N) is 1. The Morgan fingerprint density at radius 2 is 2.24 bits per heavy atom. The van der Waals surface area contributed by atoms with Gasteiger partial charge in [0.2, 0.25) is 0 Å². The Hall–Kier alpha value is -1.10. The normalized spacial score (nSPS) is 11.5. The lowest BCUT2D eigenvalue weighted by atomic mass is 9.92. The zero-order valence-corrected chi connectivity index (χ0v) is 11.4. The number of aromatic nitrogens is 1. The first-order valence-corrected chi connectivity index (χ1v) is 6.65. The van der Waals surface area contributed by atoms with Gasteiger partial charge < -0.3 is 10.4 Å². The second kappa shape index (κ2) is 6.00. The molecule has 0 radical (unpaired) electrons. The van der Waals surface area contributed by atoms with Gasteiger partial charge in [-0.15, -0.1) is 11.3 Å². The van der Waals surface area contributed by atoms with E-state index >= 15 is 0 Å². The van der Waals surface area contributed by atoms with Crippen LogP contribution in [0.5, 0.6) is 0 Å². The van der Waals surface area contributed by atoms with Crippen molar-refractivity contribution in [1.82, 2.24) is 4.98 Å². The Morgan fingerprint density at radius 3 is 2.82 bits per heavy atom. The molecule has 17 heavy (non-hydrogen) atoms. The molecule has 1 heterocycles. The van der Waals surface area contributed by atoms with Crippen LogP contribution in [0.2, 0.25) is 0 Å². The molecule has 0 aliphatic carbocycles. The summed E-state index contributed by atoms with van der Waals surface area (Å²) in [7, 11) is 0. The fraction of sp³-hybridized carbons (Fsp3) is 0.667. The lowest BCUT2D eigenvalue weighted by Crippen LogP contribution is -2.12. The minimum Gasteiger partial charge on any atom is -0.481 e. The smallest absolute Gasteiger partial charge is 0.303 e. The number of carbonyl (C=O) groups is 1. The zero-order chi connectivity index (χ0) is 12.9. The van der Waals surface area contributed by atoms with Gasteiger partial charge in [0.25, 0.3) is 0 Å². The summed E-state index contributed by atoms with van der Waals surface area (Å²) < 4.78 is 0. The minimum absolute atomic E-state index is 0.144. The summed E-state index contributed by atoms with van der Waals surface area (Å²) in [5.74, 6) is -0.778. The number of hydrogen-bond donors (Lipinski definition) is 2. The topological polar surface area (TPSA) is 62.2 Å². The molecule has 2 N–H and O–H groups in total. The number of nitrogens with zero attached hydrogens (tertiary/aromatic N) is 1. The van der Waals surface area contributed by atoms with Gasteiger partial charge >= 0.3 is 5.97 Å². The van der Waals surface area contributed by atoms with Gasteiger partial charge in [-0.05, 0) is 11.8 Å². The van der Waals surface area contributed by atoms with Crippen molar-refractivity contribution in [3.05, 3.63) is 11.1 Å². The van der Waals surface area contributed by atoms with Crippen LogP contribution in [0.25, 0.3) is 0 Å². The Bertz CT molecular complexity index is 369. The van der Waals surface area contributed by atoms with E-state index in [2.05, 4.69) is 31.1 Å². The lowest BCUT2D eigenvalue weighted by Gasteiger charge is -2.17. The molecular formula is C12H20N2O2S. The van der Waals surface area contributed by atoms with Crippen molar-refractivity contribution in [2.45, 2.75) is 40.0 Å². The average Bonchev–Trinajstić information content (AvgIpc) is 2.61. The third-order valence-corrected chi connectivity index (χ3v) is 3.15. The fourth-order valence-electron chi connectivity index (χ4n) is 1.28. The van der Waals surface area contributed by atoms with Crippen molar-refractivity contribution in [2.24, 2.45) is 5.41 Å². The maximum absolute atomic E-state index is 10.4. The average molecular weight is 256 g/mol. The number of rotatable bonds is 6. The predicted octanol–water partition coefficient (Wildman–Crippen LogP) is 3.01. The summed E-state index contributed by atoms with van der Waals surface area (Å²) in [4.78, 5) is 14.8. The molecule has 0 fully saturated rings. The SMILES string of the molecule is CC(C)(C)CCNc1nc(CCC(=O)O)cs1. The molecule has 0 atom stereocenters. The molecule has 0 aliphatic heterocycles. The van der Waals surface area contributed by atoms with E-state index in [-0.39, 0.29) is 6.42 Å². The van der Waals surface area contributed by atoms with E-state index < -0.39 is 5.97 Å². The highest BCUT2D eigenvalue weighted by molar-refractivity contribution is 7.13. The molecule has 0 bridgehead atoms. The van der Waals surface area contributed by atoms with E-state index in [1.807, 2.05) is 5.38 Å². The van der Waals surface area contributed by atoms with Gasteiger partial charge in [-0.25, -0.2) is 4.98 Å². The van der Waals surface area contributed by atoms with Gasteiger partial charge in [0.1, 0.15) is 0 Å². The number of carboxylic acid groups (broad SMARTS) is 1. The number of thiazole rings is 1. The van der Waals surface area contributed by atoms with Crippen molar-refractivity contribution in [2.75, 3.05) is 11.9 Å². The van der Waals surface area contributed by atoms with E-state index in [0.29, 0.717) is 11.8 Å². The van der Waals surface area contributed by atoms with Gasteiger partial charge in [-0.1, -0.05) is 20.8 Å². The molecule has 0 saturated carbocycles. The first-order valence-electron chi connectivity index (χ1n) is 5.77. The van der Waals surface area contributed by atoms with Crippen LogP contribution in [0, 0.1) is 5.41 Å². The molecule has 0 spiro atoms. The summed E-state index contributed by atoms with van der Waals surface area (Å²) in [5, 5.41) is 14.6. The summed E-state index contributed by atoms with van der Waals surface area (Å²) >= 11 is 1.54. The highest BCUT2D eigenvalue weighted by Gasteiger charge is 2.10. The number of anilines is 1. The number of carboxylic acids is 1. The van der Waals surface area contributed by atoms with E-state index in [1.54, 1.807) is 0 Å². The molecule has 0 aliphatic rings. The van der Waals surface area contributed by atoms with Crippen molar-refractivity contribution in [3.8, 4) is 0 Å². The Morgan fingerprint density at radius 1 is 1.53 bits per heavy atom. The highest BCUT2D eigenvalue weighted by Crippen LogP contribution is 2.20. The maximum Gasteiger partial charge on any atom is 0.303 e. The molecule has 5 heteroatoms. The first-order chi connectivity index (χ1) is 7.87. The summed E-state index contributed by atoms with van der Waals surface area (Å²) in [6.07, 6.45) is 1.73. The van der Waals surface area contributed by atoms with Crippen LogP contribution in [0.1, 0.15) is 39.3 Å². The van der Waals surface area contributed by atoms with E-state index in [4.69, 9.17) is 5.11 Å². The Labute approximate surface area is 106 Å². The molecule has 4 nitrogen and oxygen atoms in total. The molecule has 0 amide bonds. The number of aryl methyl sites for hydroxylation is 1. The fourth-order valence-corrected chi connectivity index (χ4v) is 2.06. The number of aliphatic carboxylic acids is 1. The summed E-state index contributed by atoms with van der Waals surface area (Å²) in [6, 6.07) is 0. The molecule has 0 aromatic carbocycles. The van der Waals surface area contributed by atoms with E-state index in [1.165, 1.54) is 11.3 Å². The molecule has 1 aromatic heterocycles. The summed E-state index contributed by atoms with van der Waals surface area (Å²) in [5.41, 5.74) is 1.17. The molecule has 96 valence electrons. The molecular weight excluding hydrogens is 236 g/mol. The van der Waals surface area contributed by atoms with E-state index in [0.717, 1.165) is 23.8 Å². The third kappa shape index (κ3) is 6.26. The summed E-state index contributed by atoms with van der Waals surface area (Å²) in [6.45, 7) is 7.51. The van der Waals surface area contributed by atoms with Crippen molar-refractivity contribution < 1.29 is 9.90 Å². The monoisotopic (exact) mass is 256 g/mol. The minimum atomic E-state index is -0.778. The highest BCUT2D eigenvalue weighted by atomic mass is 32.1. The second-order valence-electron chi connectivity index (χ2n) is 5.28. The van der Waals surface area contributed by atoms with Gasteiger partial charge in [0, 0.05) is 18.3 Å². The molecule has 0 unspecified atom stereocenters. The Balaban J connectivity index is 2.33. The van der Waals surface area contributed by atoms with Crippen molar-refractivity contribution in [3.63, 3.8) is 0 Å². The maximum atomic E-state index is 10.4.